The van der Waals surface area contributed by atoms with E-state index in [1.54, 1.807) is 6.08 Å². The topological polar surface area (TPSA) is 151 Å². The Morgan fingerprint density at radius 2 is 1.33 bits per heavy atom. The number of unbranched alkanes of at least 4 members (excludes halogenated alkanes) is 15. The number of allylic oxidation sites excluding steroid dienone is 3. The summed E-state index contributed by atoms with van der Waals surface area (Å²) < 4.78 is 21.9. The highest BCUT2D eigenvalue weighted by Gasteiger charge is 2.27. The molecule has 0 spiro atoms. The van der Waals surface area contributed by atoms with Crippen molar-refractivity contribution < 1.29 is 33.5 Å². The van der Waals surface area contributed by atoms with Crippen LogP contribution in [0.25, 0.3) is 0 Å². The van der Waals surface area contributed by atoms with Crippen LogP contribution in [0, 0.1) is 0 Å². The molecule has 4 unspecified atom stereocenters. The average molecular weight is 633 g/mol. The molecule has 0 aliphatic carbocycles. The Bertz CT molecular complexity index is 751. The number of phosphoric ester groups is 1. The minimum absolute atomic E-state index is 0.0453. The number of nitrogens with two attached hydrogens (primary N) is 1. The highest BCUT2D eigenvalue weighted by atomic mass is 31.2. The maximum absolute atomic E-state index is 12.6. The quantitative estimate of drug-likeness (QED) is 0.0305. The molecule has 10 heteroatoms. The third kappa shape index (κ3) is 28.2. The number of amides is 1. The molecule has 4 atom stereocenters. The van der Waals surface area contributed by atoms with Crippen molar-refractivity contribution in [2.24, 2.45) is 5.73 Å². The number of nitrogens with one attached hydrogen (secondary N) is 1. The lowest BCUT2D eigenvalue weighted by Gasteiger charge is -2.24. The first kappa shape index (κ1) is 41.9. The Kier molecular flexibility index (Phi) is 28.9. The zero-order valence-corrected chi connectivity index (χ0v) is 28.2. The molecule has 1 amide bonds. The van der Waals surface area contributed by atoms with Gasteiger partial charge in [0.2, 0.25) is 5.91 Å². The van der Waals surface area contributed by atoms with Crippen LogP contribution in [0.3, 0.4) is 0 Å². The number of aliphatic hydroxyl groups excluding tert-OH is 2. The van der Waals surface area contributed by atoms with Crippen molar-refractivity contribution in [1.29, 1.82) is 0 Å². The number of rotatable bonds is 31. The summed E-state index contributed by atoms with van der Waals surface area (Å²) in [6.07, 6.45) is 27.0. The molecule has 0 rings (SSSR count). The van der Waals surface area contributed by atoms with E-state index in [9.17, 15) is 24.5 Å². The molecule has 43 heavy (non-hydrogen) atoms. The van der Waals surface area contributed by atoms with Crippen molar-refractivity contribution in [1.82, 2.24) is 5.32 Å². The molecule has 0 aromatic carbocycles. The fourth-order valence-corrected chi connectivity index (χ4v) is 5.48. The molecule has 0 saturated heterocycles. The maximum Gasteiger partial charge on any atom is 0.472 e. The van der Waals surface area contributed by atoms with Gasteiger partial charge in [0.25, 0.3) is 0 Å². The lowest BCUT2D eigenvalue weighted by molar-refractivity contribution is -0.124. The van der Waals surface area contributed by atoms with Gasteiger partial charge in [-0.3, -0.25) is 13.8 Å². The lowest BCUT2D eigenvalue weighted by Crippen LogP contribution is -2.46. The first-order chi connectivity index (χ1) is 20.8. The van der Waals surface area contributed by atoms with Gasteiger partial charge in [-0.25, -0.2) is 4.57 Å². The van der Waals surface area contributed by atoms with E-state index < -0.39 is 38.6 Å². The van der Waals surface area contributed by atoms with E-state index in [0.29, 0.717) is 12.8 Å². The van der Waals surface area contributed by atoms with Crippen LogP contribution in [-0.2, 0) is 18.4 Å². The SMILES string of the molecule is CCCCCCCCC/C=C/CC/C=C/C(O)C(COP(=O)(O)OCCN)NC(=O)CC(O)CCCCCCCCCC. The largest absolute Gasteiger partial charge is 0.472 e. The van der Waals surface area contributed by atoms with E-state index in [4.69, 9.17) is 14.8 Å². The molecular weight excluding hydrogens is 567 g/mol. The van der Waals surface area contributed by atoms with Crippen LogP contribution in [0.5, 0.6) is 0 Å². The van der Waals surface area contributed by atoms with E-state index in [-0.39, 0.29) is 19.6 Å². The van der Waals surface area contributed by atoms with Crippen molar-refractivity contribution in [2.45, 2.75) is 161 Å². The van der Waals surface area contributed by atoms with Gasteiger partial charge in [-0.1, -0.05) is 128 Å². The number of aliphatic hydroxyl groups is 2. The molecule has 9 nitrogen and oxygen atoms in total. The summed E-state index contributed by atoms with van der Waals surface area (Å²) in [5, 5.41) is 23.7. The third-order valence-electron chi connectivity index (χ3n) is 7.33. The van der Waals surface area contributed by atoms with Crippen LogP contribution in [-0.4, -0.2) is 59.0 Å². The van der Waals surface area contributed by atoms with Crippen LogP contribution >= 0.6 is 7.82 Å². The van der Waals surface area contributed by atoms with E-state index >= 15 is 0 Å². The first-order valence-corrected chi connectivity index (χ1v) is 18.5. The highest BCUT2D eigenvalue weighted by Crippen LogP contribution is 2.43. The minimum Gasteiger partial charge on any atom is -0.393 e. The van der Waals surface area contributed by atoms with E-state index in [2.05, 4.69) is 31.3 Å². The van der Waals surface area contributed by atoms with Gasteiger partial charge in [0.15, 0.2) is 0 Å². The second-order valence-electron chi connectivity index (χ2n) is 11.6. The van der Waals surface area contributed by atoms with Crippen LogP contribution in [0.2, 0.25) is 0 Å². The summed E-state index contributed by atoms with van der Waals surface area (Å²) in [7, 11) is -4.39. The Hall–Kier alpha value is -1.06. The Labute approximate surface area is 262 Å². The van der Waals surface area contributed by atoms with Crippen molar-refractivity contribution in [3.05, 3.63) is 24.3 Å². The van der Waals surface area contributed by atoms with Crippen LogP contribution < -0.4 is 11.1 Å². The van der Waals surface area contributed by atoms with E-state index in [1.807, 2.05) is 6.08 Å². The van der Waals surface area contributed by atoms with Crippen LogP contribution in [0.4, 0.5) is 0 Å². The second-order valence-corrected chi connectivity index (χ2v) is 13.0. The summed E-state index contributed by atoms with van der Waals surface area (Å²) in [6, 6.07) is -0.992. The fraction of sp³-hybridized carbons (Fsp3) is 0.848. The van der Waals surface area contributed by atoms with Gasteiger partial charge in [0.1, 0.15) is 0 Å². The zero-order chi connectivity index (χ0) is 32.0. The van der Waals surface area contributed by atoms with Gasteiger partial charge in [-0.15, -0.1) is 0 Å². The van der Waals surface area contributed by atoms with Gasteiger partial charge in [0.05, 0.1) is 37.9 Å². The summed E-state index contributed by atoms with van der Waals surface area (Å²) in [5.74, 6) is -0.461. The monoisotopic (exact) mass is 632 g/mol. The molecule has 0 radical (unpaired) electrons. The summed E-state index contributed by atoms with van der Waals surface area (Å²) in [6.45, 7) is 3.87. The maximum atomic E-state index is 12.6. The number of phosphoric acid groups is 1. The molecule has 0 aromatic heterocycles. The summed E-state index contributed by atoms with van der Waals surface area (Å²) >= 11 is 0. The molecule has 0 saturated carbocycles. The van der Waals surface area contributed by atoms with Crippen molar-refractivity contribution in [3.63, 3.8) is 0 Å². The number of hydrogen-bond donors (Lipinski definition) is 5. The van der Waals surface area contributed by atoms with Gasteiger partial charge in [0, 0.05) is 6.54 Å². The number of hydrogen-bond acceptors (Lipinski definition) is 7. The third-order valence-corrected chi connectivity index (χ3v) is 8.32. The van der Waals surface area contributed by atoms with Gasteiger partial charge in [-0.05, 0) is 32.1 Å². The van der Waals surface area contributed by atoms with Crippen molar-refractivity contribution in [3.8, 4) is 0 Å². The first-order valence-electron chi connectivity index (χ1n) is 17.0. The Balaban J connectivity index is 4.60. The molecule has 0 aromatic rings. The molecule has 254 valence electrons. The molecule has 0 bridgehead atoms. The predicted molar refractivity (Wildman–Crippen MR) is 177 cm³/mol. The normalized spacial score (nSPS) is 15.6. The van der Waals surface area contributed by atoms with Crippen molar-refractivity contribution >= 4 is 13.7 Å². The van der Waals surface area contributed by atoms with Crippen LogP contribution in [0.15, 0.2) is 24.3 Å². The molecule has 0 aliphatic rings. The smallest absolute Gasteiger partial charge is 0.393 e. The molecule has 0 heterocycles. The number of carbonyl (C=O) groups excluding carboxylic acids is 1. The molecule has 0 aliphatic heterocycles. The highest BCUT2D eigenvalue weighted by molar-refractivity contribution is 7.47. The fourth-order valence-electron chi connectivity index (χ4n) is 4.72. The zero-order valence-electron chi connectivity index (χ0n) is 27.3. The average Bonchev–Trinajstić information content (AvgIpc) is 2.97. The van der Waals surface area contributed by atoms with E-state index in [0.717, 1.165) is 32.1 Å². The predicted octanol–water partition coefficient (Wildman–Crippen LogP) is 7.24. The summed E-state index contributed by atoms with van der Waals surface area (Å²) in [5.41, 5.74) is 5.32. The summed E-state index contributed by atoms with van der Waals surface area (Å²) in [4.78, 5) is 22.5. The van der Waals surface area contributed by atoms with Crippen LogP contribution in [0.1, 0.15) is 142 Å². The standard InChI is InChI=1S/C33H65N2O7P/c1-3-5-7-9-11-13-14-15-16-17-19-21-23-25-32(37)31(29-42-43(39,40)41-27-26-34)35-33(38)28-30(36)24-22-20-18-12-10-8-6-4-2/h16-17,23,25,30-32,36-37H,3-15,18-22,24,26-29,34H2,1-2H3,(H,35,38)(H,39,40)/b17-16+,25-23+. The Morgan fingerprint density at radius 1 is 0.791 bits per heavy atom. The number of carbonyl (C=O) groups is 1. The second kappa shape index (κ2) is 29.6. The van der Waals surface area contributed by atoms with E-state index in [1.165, 1.54) is 77.0 Å². The molecule has 6 N–H and O–H groups in total. The lowest BCUT2D eigenvalue weighted by atomic mass is 10.0. The van der Waals surface area contributed by atoms with Crippen molar-refractivity contribution in [2.75, 3.05) is 19.8 Å². The van der Waals surface area contributed by atoms with Gasteiger partial charge >= 0.3 is 7.82 Å². The molecule has 0 fully saturated rings. The van der Waals surface area contributed by atoms with Gasteiger partial charge < -0.3 is 26.2 Å². The Morgan fingerprint density at radius 3 is 1.93 bits per heavy atom. The van der Waals surface area contributed by atoms with Gasteiger partial charge in [-0.2, -0.15) is 0 Å². The molecular formula is C33H65N2O7P. The minimum atomic E-state index is -4.39.